The van der Waals surface area contributed by atoms with Crippen LogP contribution in [-0.2, 0) is 4.79 Å². The van der Waals surface area contributed by atoms with Crippen LogP contribution in [0.2, 0.25) is 0 Å². The van der Waals surface area contributed by atoms with Gasteiger partial charge in [-0.25, -0.2) is 9.97 Å². The number of hydrogen-bond acceptors (Lipinski definition) is 5. The van der Waals surface area contributed by atoms with Crippen LogP contribution in [0.5, 0.6) is 0 Å². The maximum atomic E-state index is 12.5. The third-order valence-corrected chi connectivity index (χ3v) is 5.26. The highest BCUT2D eigenvalue weighted by atomic mass is 32.1. The minimum atomic E-state index is 0.0479. The topological polar surface area (TPSA) is 58.1 Å². The quantitative estimate of drug-likeness (QED) is 0.913. The van der Waals surface area contributed by atoms with Gasteiger partial charge in [0.05, 0.1) is 11.3 Å². The molecule has 1 saturated heterocycles. The van der Waals surface area contributed by atoms with Crippen molar-refractivity contribution in [2.75, 3.05) is 18.0 Å². The molecule has 2 aromatic rings. The Hall–Kier alpha value is -1.69. The van der Waals surface area contributed by atoms with Gasteiger partial charge < -0.3 is 10.2 Å². The summed E-state index contributed by atoms with van der Waals surface area (Å²) < 4.78 is 0. The zero-order valence-corrected chi connectivity index (χ0v) is 14.6. The molecule has 1 aliphatic heterocycles. The third-order valence-electron chi connectivity index (χ3n) is 4.44. The first-order valence-electron chi connectivity index (χ1n) is 8.42. The largest absolute Gasteiger partial charge is 0.355 e. The van der Waals surface area contributed by atoms with Gasteiger partial charge in [-0.1, -0.05) is 13.3 Å². The summed E-state index contributed by atoms with van der Waals surface area (Å²) in [7, 11) is 0. The Morgan fingerprint density at radius 2 is 2.39 bits per heavy atom. The molecule has 1 amide bonds. The zero-order chi connectivity index (χ0) is 16.2. The summed E-state index contributed by atoms with van der Waals surface area (Å²) in [6.07, 6.45) is 5.73. The molecule has 0 aliphatic carbocycles. The fourth-order valence-corrected chi connectivity index (χ4v) is 4.01. The number of carbonyl (C=O) groups excluding carboxylic acids is 1. The molecule has 0 aromatic carbocycles. The summed E-state index contributed by atoms with van der Waals surface area (Å²) in [5.74, 6) is 1.20. The highest BCUT2D eigenvalue weighted by Gasteiger charge is 2.28. The fraction of sp³-hybridized carbons (Fsp3) is 0.588. The van der Waals surface area contributed by atoms with Crippen LogP contribution in [0.15, 0.2) is 17.8 Å². The Bertz CT molecular complexity index is 671. The van der Waals surface area contributed by atoms with Crippen LogP contribution in [-0.4, -0.2) is 35.0 Å². The Kier molecular flexibility index (Phi) is 5.10. The molecule has 1 N–H and O–H groups in total. The third kappa shape index (κ3) is 3.63. The van der Waals surface area contributed by atoms with Gasteiger partial charge in [-0.3, -0.25) is 4.79 Å². The lowest BCUT2D eigenvalue weighted by Gasteiger charge is -2.33. The molecule has 1 fully saturated rings. The van der Waals surface area contributed by atoms with Crippen LogP contribution in [0.1, 0.15) is 39.5 Å². The van der Waals surface area contributed by atoms with Gasteiger partial charge in [0, 0.05) is 19.1 Å². The molecular formula is C17H24N4OS. The fourth-order valence-electron chi connectivity index (χ4n) is 3.28. The van der Waals surface area contributed by atoms with Crippen molar-refractivity contribution in [2.45, 2.75) is 45.6 Å². The van der Waals surface area contributed by atoms with Crippen LogP contribution in [0, 0.1) is 5.92 Å². The van der Waals surface area contributed by atoms with Gasteiger partial charge in [-0.2, -0.15) is 0 Å². The molecule has 2 aromatic heterocycles. The molecule has 23 heavy (non-hydrogen) atoms. The number of thiophene rings is 1. The Balaban J connectivity index is 1.71. The molecule has 1 aliphatic rings. The van der Waals surface area contributed by atoms with E-state index >= 15 is 0 Å². The number of nitrogens with one attached hydrogen (secondary N) is 1. The number of fused-ring (bicyclic) bond motifs is 1. The first kappa shape index (κ1) is 16.2. The monoisotopic (exact) mass is 332 g/mol. The molecule has 3 rings (SSSR count). The van der Waals surface area contributed by atoms with E-state index in [1.165, 1.54) is 0 Å². The van der Waals surface area contributed by atoms with Crippen molar-refractivity contribution in [3.63, 3.8) is 0 Å². The number of piperidine rings is 1. The molecular weight excluding hydrogens is 308 g/mol. The van der Waals surface area contributed by atoms with Gasteiger partial charge in [-0.15, -0.1) is 11.3 Å². The first-order chi connectivity index (χ1) is 11.2. The molecule has 2 unspecified atom stereocenters. The Labute approximate surface area is 141 Å². The number of carbonyl (C=O) groups is 1. The summed E-state index contributed by atoms with van der Waals surface area (Å²) in [6.45, 7) is 5.93. The van der Waals surface area contributed by atoms with Gasteiger partial charge >= 0.3 is 0 Å². The van der Waals surface area contributed by atoms with Crippen LogP contribution in [0.4, 0.5) is 5.82 Å². The van der Waals surface area contributed by atoms with Crippen molar-refractivity contribution in [1.29, 1.82) is 0 Å². The summed E-state index contributed by atoms with van der Waals surface area (Å²) in [4.78, 5) is 24.6. The SMILES string of the molecule is CCCC(C)NC(=O)C1CCCN(c2ncnc3sccc23)C1. The Morgan fingerprint density at radius 3 is 3.22 bits per heavy atom. The van der Waals surface area contributed by atoms with Crippen LogP contribution in [0.25, 0.3) is 10.2 Å². The van der Waals surface area contributed by atoms with E-state index in [4.69, 9.17) is 0 Å². The van der Waals surface area contributed by atoms with Gasteiger partial charge in [0.15, 0.2) is 0 Å². The highest BCUT2D eigenvalue weighted by molar-refractivity contribution is 7.16. The van der Waals surface area contributed by atoms with Gasteiger partial charge in [-0.05, 0) is 37.6 Å². The molecule has 5 nitrogen and oxygen atoms in total. The maximum Gasteiger partial charge on any atom is 0.225 e. The number of rotatable bonds is 5. The summed E-state index contributed by atoms with van der Waals surface area (Å²) in [5, 5.41) is 6.30. The molecule has 6 heteroatoms. The molecule has 124 valence electrons. The molecule has 0 radical (unpaired) electrons. The molecule has 0 bridgehead atoms. The van der Waals surface area contributed by atoms with E-state index in [1.807, 2.05) is 5.38 Å². The molecule has 0 saturated carbocycles. The maximum absolute atomic E-state index is 12.5. The standard InChI is InChI=1S/C17H24N4OS/c1-3-5-12(2)20-16(22)13-6-4-8-21(10-13)15-14-7-9-23-17(14)19-11-18-15/h7,9,11-13H,3-6,8,10H2,1-2H3,(H,20,22). The predicted octanol–water partition coefficient (Wildman–Crippen LogP) is 3.21. The van der Waals surface area contributed by atoms with Crippen LogP contribution >= 0.6 is 11.3 Å². The van der Waals surface area contributed by atoms with E-state index in [-0.39, 0.29) is 17.9 Å². The minimum absolute atomic E-state index is 0.0479. The average Bonchev–Trinajstić information content (AvgIpc) is 3.03. The van der Waals surface area contributed by atoms with E-state index in [1.54, 1.807) is 17.7 Å². The normalized spacial score (nSPS) is 19.7. The van der Waals surface area contributed by atoms with E-state index < -0.39 is 0 Å². The predicted molar refractivity (Wildman–Crippen MR) is 94.9 cm³/mol. The molecule has 2 atom stereocenters. The van der Waals surface area contributed by atoms with E-state index in [2.05, 4.69) is 40.1 Å². The van der Waals surface area contributed by atoms with E-state index in [9.17, 15) is 4.79 Å². The van der Waals surface area contributed by atoms with Gasteiger partial charge in [0.1, 0.15) is 17.0 Å². The second-order valence-corrected chi connectivity index (χ2v) is 7.21. The van der Waals surface area contributed by atoms with Crippen LogP contribution in [0.3, 0.4) is 0 Å². The lowest BCUT2D eigenvalue weighted by atomic mass is 9.96. The van der Waals surface area contributed by atoms with Crippen molar-refractivity contribution in [1.82, 2.24) is 15.3 Å². The summed E-state index contributed by atoms with van der Waals surface area (Å²) >= 11 is 1.63. The zero-order valence-electron chi connectivity index (χ0n) is 13.8. The van der Waals surface area contributed by atoms with Crippen molar-refractivity contribution in [3.05, 3.63) is 17.8 Å². The van der Waals surface area contributed by atoms with Crippen molar-refractivity contribution >= 4 is 33.3 Å². The van der Waals surface area contributed by atoms with Crippen molar-refractivity contribution < 1.29 is 4.79 Å². The number of nitrogens with zero attached hydrogens (tertiary/aromatic N) is 3. The first-order valence-corrected chi connectivity index (χ1v) is 9.30. The summed E-state index contributed by atoms with van der Waals surface area (Å²) in [6, 6.07) is 2.33. The average molecular weight is 332 g/mol. The van der Waals surface area contributed by atoms with E-state index in [0.717, 1.165) is 54.8 Å². The number of hydrogen-bond donors (Lipinski definition) is 1. The molecule has 3 heterocycles. The second-order valence-electron chi connectivity index (χ2n) is 6.32. The highest BCUT2D eigenvalue weighted by Crippen LogP contribution is 2.29. The molecule has 0 spiro atoms. The van der Waals surface area contributed by atoms with Crippen molar-refractivity contribution in [3.8, 4) is 0 Å². The number of amides is 1. The smallest absolute Gasteiger partial charge is 0.225 e. The van der Waals surface area contributed by atoms with E-state index in [0.29, 0.717) is 0 Å². The second kappa shape index (κ2) is 7.25. The minimum Gasteiger partial charge on any atom is -0.355 e. The van der Waals surface area contributed by atoms with Crippen molar-refractivity contribution in [2.24, 2.45) is 5.92 Å². The number of anilines is 1. The lowest BCUT2D eigenvalue weighted by molar-refractivity contribution is -0.125. The Morgan fingerprint density at radius 1 is 1.52 bits per heavy atom. The van der Waals surface area contributed by atoms with Crippen LogP contribution < -0.4 is 10.2 Å². The lowest BCUT2D eigenvalue weighted by Crippen LogP contribution is -2.45. The summed E-state index contributed by atoms with van der Waals surface area (Å²) in [5.41, 5.74) is 0. The van der Waals surface area contributed by atoms with Gasteiger partial charge in [0.25, 0.3) is 0 Å². The number of aromatic nitrogens is 2. The van der Waals surface area contributed by atoms with Gasteiger partial charge in [0.2, 0.25) is 5.91 Å².